The van der Waals surface area contributed by atoms with E-state index in [1.165, 1.54) is 26.3 Å². The van der Waals surface area contributed by atoms with Crippen molar-refractivity contribution in [2.24, 2.45) is 0 Å². The second-order valence-electron chi connectivity index (χ2n) is 8.29. The lowest BCUT2D eigenvalue weighted by atomic mass is 9.99. The molecule has 0 aliphatic carbocycles. The maximum Gasteiger partial charge on any atom is 0.325 e. The Bertz CT molecular complexity index is 1240. The molecule has 0 aliphatic rings. The van der Waals surface area contributed by atoms with Crippen molar-refractivity contribution < 1.29 is 33.3 Å². The van der Waals surface area contributed by atoms with Gasteiger partial charge in [-0.3, -0.25) is 14.4 Å². The van der Waals surface area contributed by atoms with Crippen LogP contribution in [0, 0.1) is 6.92 Å². The number of benzene rings is 2. The van der Waals surface area contributed by atoms with E-state index >= 15 is 0 Å². The van der Waals surface area contributed by atoms with E-state index in [1.807, 2.05) is 55.5 Å². The molecule has 1 heterocycles. The van der Waals surface area contributed by atoms with Crippen LogP contribution in [0.5, 0.6) is 17.2 Å². The highest BCUT2D eigenvalue weighted by Gasteiger charge is 2.23. The fourth-order valence-corrected chi connectivity index (χ4v) is 3.76. The zero-order valence-corrected chi connectivity index (χ0v) is 21.3. The zero-order chi connectivity index (χ0) is 26.8. The summed E-state index contributed by atoms with van der Waals surface area (Å²) in [6.07, 6.45) is 1.73. The SMILES string of the molecule is COc1cc(C)ccc1CC(Cc1ccccc1)OC(=O)CNC(=O)c1nccc(OC)c1OC(C)=O. The molecular weight excluding hydrogens is 476 g/mol. The van der Waals surface area contributed by atoms with Crippen molar-refractivity contribution in [3.05, 3.63) is 83.2 Å². The molecule has 0 bridgehead atoms. The highest BCUT2D eigenvalue weighted by Crippen LogP contribution is 2.29. The van der Waals surface area contributed by atoms with Crippen LogP contribution in [-0.2, 0) is 27.2 Å². The Labute approximate surface area is 215 Å². The molecule has 0 radical (unpaired) electrons. The molecule has 194 valence electrons. The largest absolute Gasteiger partial charge is 0.496 e. The summed E-state index contributed by atoms with van der Waals surface area (Å²) in [5, 5.41) is 2.48. The van der Waals surface area contributed by atoms with Crippen molar-refractivity contribution in [1.82, 2.24) is 10.3 Å². The molecule has 1 N–H and O–H groups in total. The predicted octanol–water partition coefficient (Wildman–Crippen LogP) is 3.46. The summed E-state index contributed by atoms with van der Waals surface area (Å²) in [4.78, 5) is 41.0. The molecule has 0 spiro atoms. The Balaban J connectivity index is 1.72. The van der Waals surface area contributed by atoms with E-state index in [1.54, 1.807) is 7.11 Å². The van der Waals surface area contributed by atoms with E-state index in [0.29, 0.717) is 18.6 Å². The standard InChI is InChI=1S/C28H30N2O7/c1-18-10-11-21(24(14-18)35-4)16-22(15-20-8-6-5-7-9-20)37-25(32)17-30-28(33)26-27(36-19(2)31)23(34-3)12-13-29-26/h5-14,22H,15-17H2,1-4H3,(H,30,33). The Morgan fingerprint density at radius 2 is 1.68 bits per heavy atom. The predicted molar refractivity (Wildman–Crippen MR) is 136 cm³/mol. The third-order valence-electron chi connectivity index (χ3n) is 5.44. The van der Waals surface area contributed by atoms with Crippen LogP contribution in [0.1, 0.15) is 34.1 Å². The van der Waals surface area contributed by atoms with Gasteiger partial charge in [0.15, 0.2) is 11.4 Å². The number of carbonyl (C=O) groups is 3. The van der Waals surface area contributed by atoms with Gasteiger partial charge in [0, 0.05) is 32.0 Å². The lowest BCUT2D eigenvalue weighted by Crippen LogP contribution is -2.34. The molecule has 9 nitrogen and oxygen atoms in total. The van der Waals surface area contributed by atoms with E-state index in [9.17, 15) is 14.4 Å². The molecule has 0 aliphatic heterocycles. The van der Waals surface area contributed by atoms with Gasteiger partial charge in [0.25, 0.3) is 5.91 Å². The van der Waals surface area contributed by atoms with Gasteiger partial charge in [-0.15, -0.1) is 0 Å². The highest BCUT2D eigenvalue weighted by molar-refractivity contribution is 5.98. The number of pyridine rings is 1. The van der Waals surface area contributed by atoms with Crippen molar-refractivity contribution in [2.75, 3.05) is 20.8 Å². The number of nitrogens with one attached hydrogen (secondary N) is 1. The number of methoxy groups -OCH3 is 2. The number of amides is 1. The summed E-state index contributed by atoms with van der Waals surface area (Å²) in [6.45, 7) is 2.76. The lowest BCUT2D eigenvalue weighted by Gasteiger charge is -2.20. The molecule has 3 rings (SSSR count). The molecule has 1 amide bonds. The average Bonchev–Trinajstić information content (AvgIpc) is 2.88. The Morgan fingerprint density at radius 3 is 2.35 bits per heavy atom. The molecule has 3 aromatic rings. The number of aromatic nitrogens is 1. The second-order valence-corrected chi connectivity index (χ2v) is 8.29. The van der Waals surface area contributed by atoms with Gasteiger partial charge >= 0.3 is 11.9 Å². The number of nitrogens with zero attached hydrogens (tertiary/aromatic N) is 1. The number of rotatable bonds is 11. The van der Waals surface area contributed by atoms with Crippen LogP contribution in [0.3, 0.4) is 0 Å². The monoisotopic (exact) mass is 506 g/mol. The summed E-state index contributed by atoms with van der Waals surface area (Å²) in [7, 11) is 2.97. The van der Waals surface area contributed by atoms with E-state index in [4.69, 9.17) is 18.9 Å². The first-order chi connectivity index (χ1) is 17.8. The number of hydrogen-bond acceptors (Lipinski definition) is 8. The first-order valence-corrected chi connectivity index (χ1v) is 11.7. The molecule has 2 aromatic carbocycles. The fraction of sp³-hybridized carbons (Fsp3) is 0.286. The normalized spacial score (nSPS) is 11.2. The van der Waals surface area contributed by atoms with Crippen LogP contribution in [-0.4, -0.2) is 49.7 Å². The summed E-state index contributed by atoms with van der Waals surface area (Å²) in [5.41, 5.74) is 2.77. The van der Waals surface area contributed by atoms with Gasteiger partial charge in [0.1, 0.15) is 18.4 Å². The maximum atomic E-state index is 12.8. The number of esters is 2. The van der Waals surface area contributed by atoms with Crippen molar-refractivity contribution in [3.63, 3.8) is 0 Å². The lowest BCUT2D eigenvalue weighted by molar-refractivity contribution is -0.147. The Morgan fingerprint density at radius 1 is 0.946 bits per heavy atom. The van der Waals surface area contributed by atoms with E-state index < -0.39 is 30.5 Å². The molecule has 37 heavy (non-hydrogen) atoms. The van der Waals surface area contributed by atoms with Crippen molar-refractivity contribution in [2.45, 2.75) is 32.8 Å². The number of aryl methyl sites for hydroxylation is 1. The molecule has 0 saturated heterocycles. The van der Waals surface area contributed by atoms with Crippen molar-refractivity contribution >= 4 is 17.8 Å². The molecule has 1 unspecified atom stereocenters. The average molecular weight is 507 g/mol. The third-order valence-corrected chi connectivity index (χ3v) is 5.44. The minimum Gasteiger partial charge on any atom is -0.496 e. The summed E-state index contributed by atoms with van der Waals surface area (Å²) in [5.74, 6) is -1.24. The number of carbonyl (C=O) groups excluding carboxylic acids is 3. The van der Waals surface area contributed by atoms with Gasteiger partial charge in [-0.2, -0.15) is 0 Å². The van der Waals surface area contributed by atoms with Gasteiger partial charge in [-0.05, 0) is 29.7 Å². The van der Waals surface area contributed by atoms with Gasteiger partial charge in [0.05, 0.1) is 14.2 Å². The fourth-order valence-electron chi connectivity index (χ4n) is 3.76. The number of hydrogen-bond donors (Lipinski definition) is 1. The summed E-state index contributed by atoms with van der Waals surface area (Å²) in [6, 6.07) is 17.0. The van der Waals surface area contributed by atoms with Crippen molar-refractivity contribution in [3.8, 4) is 17.2 Å². The molecule has 1 aromatic heterocycles. The minimum atomic E-state index is -0.716. The van der Waals surface area contributed by atoms with Gasteiger partial charge in [-0.1, -0.05) is 42.5 Å². The minimum absolute atomic E-state index is 0.128. The van der Waals surface area contributed by atoms with Crippen LogP contribution in [0.4, 0.5) is 0 Å². The van der Waals surface area contributed by atoms with E-state index in [-0.39, 0.29) is 17.2 Å². The molecule has 0 fully saturated rings. The summed E-state index contributed by atoms with van der Waals surface area (Å²) < 4.78 is 21.6. The summed E-state index contributed by atoms with van der Waals surface area (Å²) >= 11 is 0. The van der Waals surface area contributed by atoms with E-state index in [2.05, 4.69) is 10.3 Å². The van der Waals surface area contributed by atoms with E-state index in [0.717, 1.165) is 16.7 Å². The molecule has 1 atom stereocenters. The van der Waals surface area contributed by atoms with Crippen LogP contribution in [0.15, 0.2) is 60.8 Å². The Kier molecular flexibility index (Phi) is 9.60. The second kappa shape index (κ2) is 13.1. The van der Waals surface area contributed by atoms with Crippen LogP contribution >= 0.6 is 0 Å². The topological polar surface area (TPSA) is 113 Å². The molecular formula is C28H30N2O7. The van der Waals surface area contributed by atoms with Crippen LogP contribution in [0.25, 0.3) is 0 Å². The number of ether oxygens (including phenoxy) is 4. The quantitative estimate of drug-likeness (QED) is 0.394. The first-order valence-electron chi connectivity index (χ1n) is 11.7. The smallest absolute Gasteiger partial charge is 0.325 e. The zero-order valence-electron chi connectivity index (χ0n) is 21.3. The van der Waals surface area contributed by atoms with Crippen LogP contribution < -0.4 is 19.5 Å². The van der Waals surface area contributed by atoms with Crippen LogP contribution in [0.2, 0.25) is 0 Å². The third kappa shape index (κ3) is 7.79. The maximum absolute atomic E-state index is 12.8. The first kappa shape index (κ1) is 27.2. The van der Waals surface area contributed by atoms with Gasteiger partial charge in [-0.25, -0.2) is 4.98 Å². The highest BCUT2D eigenvalue weighted by atomic mass is 16.6. The van der Waals surface area contributed by atoms with Gasteiger partial charge in [0.2, 0.25) is 5.75 Å². The molecule has 9 heteroatoms. The van der Waals surface area contributed by atoms with Crippen molar-refractivity contribution in [1.29, 1.82) is 0 Å². The van der Waals surface area contributed by atoms with Gasteiger partial charge < -0.3 is 24.3 Å². The Hall–Kier alpha value is -4.40. The molecule has 0 saturated carbocycles.